The Morgan fingerprint density at radius 2 is 1.19 bits per heavy atom. The van der Waals surface area contributed by atoms with Crippen molar-refractivity contribution >= 4 is 13.8 Å². The smallest absolute Gasteiger partial charge is 0.457 e. The molecule has 0 saturated heterocycles. The molecule has 9 heteroatoms. The summed E-state index contributed by atoms with van der Waals surface area (Å²) in [7, 11) is -4.28. The number of ether oxygens (including phenoxy) is 2. The van der Waals surface area contributed by atoms with Gasteiger partial charge in [0, 0.05) is 19.6 Å². The molecule has 0 aromatic rings. The van der Waals surface area contributed by atoms with Crippen molar-refractivity contribution in [2.24, 2.45) is 5.73 Å². The first-order valence-electron chi connectivity index (χ1n) is 18.6. The van der Waals surface area contributed by atoms with E-state index in [0.29, 0.717) is 13.0 Å². The van der Waals surface area contributed by atoms with Gasteiger partial charge in [0.15, 0.2) is 0 Å². The van der Waals surface area contributed by atoms with Crippen LogP contribution in [0.15, 0.2) is 48.6 Å². The summed E-state index contributed by atoms with van der Waals surface area (Å²) in [4.78, 5) is 22.4. The summed E-state index contributed by atoms with van der Waals surface area (Å²) in [5.74, 6) is -0.350. The first kappa shape index (κ1) is 45.5. The number of hydrogen-bond acceptors (Lipinski definition) is 7. The number of carbonyl (C=O) groups is 1. The predicted molar refractivity (Wildman–Crippen MR) is 196 cm³/mol. The minimum Gasteiger partial charge on any atom is -0.457 e. The van der Waals surface area contributed by atoms with E-state index in [1.165, 1.54) is 44.9 Å². The van der Waals surface area contributed by atoms with E-state index in [-0.39, 0.29) is 32.3 Å². The number of allylic oxidation sites excluding steroid dienone is 8. The Balaban J connectivity index is 4.17. The van der Waals surface area contributed by atoms with Crippen molar-refractivity contribution in [3.8, 4) is 0 Å². The fraction of sp³-hybridized carbons (Fsp3) is 0.763. The van der Waals surface area contributed by atoms with Crippen LogP contribution in [0, 0.1) is 0 Å². The van der Waals surface area contributed by atoms with Gasteiger partial charge in [0.25, 0.3) is 0 Å². The van der Waals surface area contributed by atoms with Gasteiger partial charge in [-0.3, -0.25) is 13.8 Å². The van der Waals surface area contributed by atoms with Gasteiger partial charge in [0.05, 0.1) is 19.8 Å². The van der Waals surface area contributed by atoms with E-state index in [4.69, 9.17) is 24.3 Å². The molecule has 47 heavy (non-hydrogen) atoms. The summed E-state index contributed by atoms with van der Waals surface area (Å²) in [5.41, 5.74) is 5.35. The number of nitrogens with two attached hydrogens (primary N) is 1. The molecule has 0 aliphatic rings. The molecular formula is C38H70NO7P. The van der Waals surface area contributed by atoms with Crippen LogP contribution in [0.5, 0.6) is 0 Å². The molecule has 0 bridgehead atoms. The van der Waals surface area contributed by atoms with Crippen LogP contribution in [0.2, 0.25) is 0 Å². The lowest BCUT2D eigenvalue weighted by atomic mass is 10.1. The van der Waals surface area contributed by atoms with Crippen molar-refractivity contribution in [2.45, 2.75) is 155 Å². The maximum Gasteiger partial charge on any atom is 0.472 e. The average Bonchev–Trinajstić information content (AvgIpc) is 3.06. The Kier molecular flexibility index (Phi) is 34.6. The third-order valence-corrected chi connectivity index (χ3v) is 8.46. The minimum atomic E-state index is -4.28. The summed E-state index contributed by atoms with van der Waals surface area (Å²) in [6.07, 6.45) is 39.8. The normalized spacial score (nSPS) is 14.2. The first-order valence-corrected chi connectivity index (χ1v) is 20.1. The quantitative estimate of drug-likeness (QED) is 0.0293. The molecule has 0 fully saturated rings. The molecule has 0 aliphatic carbocycles. The number of phosphoric acid groups is 1. The lowest BCUT2D eigenvalue weighted by Crippen LogP contribution is -2.28. The summed E-state index contributed by atoms with van der Waals surface area (Å²) in [6.45, 7) is 4.71. The molecule has 8 nitrogen and oxygen atoms in total. The van der Waals surface area contributed by atoms with Crippen LogP contribution >= 0.6 is 7.82 Å². The standard InChI is InChI=1S/C38H70NO7P/c1-3-5-7-9-11-13-15-17-19-21-23-25-27-29-31-38(40)46-37(36-45-47(41,42)44-34-32-39)35-43-33-30-28-26-24-22-20-18-16-14-12-10-8-6-4-2/h6,8,12,14-15,17-18,20,37H,3-5,7,9-11,13,16,19,21-36,39H2,1-2H3,(H,41,42)/b8-6-,14-12-,17-15-,20-18-. The van der Waals surface area contributed by atoms with Gasteiger partial charge in [-0.25, -0.2) is 4.57 Å². The van der Waals surface area contributed by atoms with Gasteiger partial charge < -0.3 is 20.1 Å². The van der Waals surface area contributed by atoms with E-state index in [1.807, 2.05) is 0 Å². The van der Waals surface area contributed by atoms with Crippen molar-refractivity contribution in [3.63, 3.8) is 0 Å². The average molecular weight is 684 g/mol. The van der Waals surface area contributed by atoms with Gasteiger partial charge in [-0.1, -0.05) is 120 Å². The van der Waals surface area contributed by atoms with Crippen molar-refractivity contribution in [1.82, 2.24) is 0 Å². The predicted octanol–water partition coefficient (Wildman–Crippen LogP) is 10.5. The fourth-order valence-electron chi connectivity index (χ4n) is 4.77. The van der Waals surface area contributed by atoms with Crippen LogP contribution < -0.4 is 5.73 Å². The summed E-state index contributed by atoms with van der Waals surface area (Å²) < 4.78 is 33.2. The van der Waals surface area contributed by atoms with Crippen molar-refractivity contribution in [1.29, 1.82) is 0 Å². The summed E-state index contributed by atoms with van der Waals surface area (Å²) in [5, 5.41) is 0. The maximum absolute atomic E-state index is 12.5. The van der Waals surface area contributed by atoms with Crippen LogP contribution in [-0.4, -0.2) is 49.9 Å². The number of carbonyl (C=O) groups excluding carboxylic acids is 1. The van der Waals surface area contributed by atoms with Crippen molar-refractivity contribution in [2.75, 3.05) is 33.0 Å². The summed E-state index contributed by atoms with van der Waals surface area (Å²) in [6, 6.07) is 0. The number of hydrogen-bond donors (Lipinski definition) is 2. The van der Waals surface area contributed by atoms with E-state index in [1.54, 1.807) is 0 Å². The number of esters is 1. The van der Waals surface area contributed by atoms with Gasteiger partial charge in [-0.15, -0.1) is 0 Å². The molecule has 0 heterocycles. The van der Waals surface area contributed by atoms with E-state index >= 15 is 0 Å². The molecule has 0 aromatic carbocycles. The molecule has 0 amide bonds. The topological polar surface area (TPSA) is 117 Å². The zero-order valence-corrected chi connectivity index (χ0v) is 30.9. The Morgan fingerprint density at radius 3 is 1.81 bits per heavy atom. The minimum absolute atomic E-state index is 0.0934. The van der Waals surface area contributed by atoms with Crippen molar-refractivity contribution in [3.05, 3.63) is 48.6 Å². The second-order valence-corrected chi connectivity index (χ2v) is 13.5. The SMILES string of the molecule is CC/C=C\C/C=C\C/C=C\CCCCCCOCC(COP(=O)(O)OCCN)OC(=O)CCCCCCC/C=C\CCCCCCC. The van der Waals surface area contributed by atoms with E-state index < -0.39 is 13.9 Å². The lowest BCUT2D eigenvalue weighted by molar-refractivity contribution is -0.154. The van der Waals surface area contributed by atoms with Crippen LogP contribution in [0.3, 0.4) is 0 Å². The van der Waals surface area contributed by atoms with E-state index in [9.17, 15) is 14.3 Å². The van der Waals surface area contributed by atoms with Gasteiger partial charge in [-0.05, 0) is 70.6 Å². The molecule has 2 atom stereocenters. The Labute approximate surface area is 288 Å². The van der Waals surface area contributed by atoms with Gasteiger partial charge in [0.1, 0.15) is 6.10 Å². The first-order chi connectivity index (χ1) is 22.9. The van der Waals surface area contributed by atoms with Crippen LogP contribution in [-0.2, 0) is 27.9 Å². The lowest BCUT2D eigenvalue weighted by Gasteiger charge is -2.20. The second kappa shape index (κ2) is 35.8. The molecule has 2 unspecified atom stereocenters. The highest BCUT2D eigenvalue weighted by atomic mass is 31.2. The third-order valence-electron chi connectivity index (χ3n) is 7.48. The zero-order chi connectivity index (χ0) is 34.5. The van der Waals surface area contributed by atoms with Gasteiger partial charge in [-0.2, -0.15) is 0 Å². The number of rotatable bonds is 35. The van der Waals surface area contributed by atoms with Crippen LogP contribution in [0.1, 0.15) is 149 Å². The Bertz CT molecular complexity index is 859. The Hall–Kier alpha value is -1.54. The molecule has 3 N–H and O–H groups in total. The van der Waals surface area contributed by atoms with Crippen molar-refractivity contribution < 1.29 is 32.8 Å². The number of unbranched alkanes of at least 4 members (excludes halogenated alkanes) is 14. The molecule has 0 aliphatic heterocycles. The zero-order valence-electron chi connectivity index (χ0n) is 30.0. The molecule has 0 radical (unpaired) electrons. The second-order valence-electron chi connectivity index (χ2n) is 12.1. The van der Waals surface area contributed by atoms with Crippen LogP contribution in [0.25, 0.3) is 0 Å². The molecule has 0 rings (SSSR count). The van der Waals surface area contributed by atoms with Gasteiger partial charge in [0.2, 0.25) is 0 Å². The molecule has 0 spiro atoms. The molecular weight excluding hydrogens is 613 g/mol. The highest BCUT2D eigenvalue weighted by Gasteiger charge is 2.25. The molecule has 0 aromatic heterocycles. The van der Waals surface area contributed by atoms with Gasteiger partial charge >= 0.3 is 13.8 Å². The van der Waals surface area contributed by atoms with Crippen LogP contribution in [0.4, 0.5) is 0 Å². The molecule has 0 saturated carbocycles. The number of phosphoric ester groups is 1. The molecule has 274 valence electrons. The van der Waals surface area contributed by atoms with E-state index in [2.05, 4.69) is 62.5 Å². The maximum atomic E-state index is 12.5. The Morgan fingerprint density at radius 1 is 0.660 bits per heavy atom. The fourth-order valence-corrected chi connectivity index (χ4v) is 5.53. The highest BCUT2D eigenvalue weighted by molar-refractivity contribution is 7.47. The monoisotopic (exact) mass is 683 g/mol. The van der Waals surface area contributed by atoms with E-state index in [0.717, 1.165) is 83.5 Å². The third kappa shape index (κ3) is 35.6. The highest BCUT2D eigenvalue weighted by Crippen LogP contribution is 2.43. The summed E-state index contributed by atoms with van der Waals surface area (Å²) >= 11 is 0. The largest absolute Gasteiger partial charge is 0.472 e.